The minimum atomic E-state index is -3.11. The molecule has 0 spiro atoms. The van der Waals surface area contributed by atoms with Crippen LogP contribution in [0, 0.1) is 11.3 Å². The molecule has 1 fully saturated rings. The summed E-state index contributed by atoms with van der Waals surface area (Å²) in [5.41, 5.74) is 0.497. The average molecular weight is 350 g/mol. The Bertz CT molecular complexity index is 797. The van der Waals surface area contributed by atoms with E-state index < -0.39 is 33.9 Å². The van der Waals surface area contributed by atoms with Crippen molar-refractivity contribution in [2.75, 3.05) is 18.6 Å². The van der Waals surface area contributed by atoms with Gasteiger partial charge in [0.2, 0.25) is 0 Å². The summed E-state index contributed by atoms with van der Waals surface area (Å²) >= 11 is 0. The fourth-order valence-corrected chi connectivity index (χ4v) is 4.32. The third-order valence-corrected chi connectivity index (χ3v) is 5.71. The number of nitriles is 1. The van der Waals surface area contributed by atoms with Gasteiger partial charge in [0.05, 0.1) is 28.7 Å². The maximum atomic E-state index is 12.3. The van der Waals surface area contributed by atoms with Gasteiger partial charge in [0.15, 0.2) is 15.9 Å². The molecule has 0 unspecified atom stereocenters. The van der Waals surface area contributed by atoms with Crippen molar-refractivity contribution >= 4 is 21.7 Å². The summed E-state index contributed by atoms with van der Waals surface area (Å²) in [6.07, 6.45) is -0.660. The molecule has 1 amide bonds. The SMILES string of the molecule is C[C@@H](OC(=O)c1cccc(C#N)c1)C(=O)N(C)[C@H]1CCS(=O)(=O)C1. The molecule has 1 aliphatic heterocycles. The smallest absolute Gasteiger partial charge is 0.338 e. The predicted molar refractivity (Wildman–Crippen MR) is 85.9 cm³/mol. The molecule has 0 bridgehead atoms. The molecule has 2 rings (SSSR count). The van der Waals surface area contributed by atoms with E-state index in [0.717, 1.165) is 0 Å². The monoisotopic (exact) mass is 350 g/mol. The van der Waals surface area contributed by atoms with Gasteiger partial charge < -0.3 is 9.64 Å². The molecular formula is C16H18N2O5S. The third kappa shape index (κ3) is 4.11. The molecule has 0 aromatic heterocycles. The molecule has 1 saturated heterocycles. The third-order valence-electron chi connectivity index (χ3n) is 3.96. The molecule has 1 aromatic rings. The first-order chi connectivity index (χ1) is 11.2. The zero-order valence-electron chi connectivity index (χ0n) is 13.4. The molecule has 1 aromatic carbocycles. The van der Waals surface area contributed by atoms with Crippen LogP contribution in [0.25, 0.3) is 0 Å². The van der Waals surface area contributed by atoms with E-state index in [9.17, 15) is 18.0 Å². The summed E-state index contributed by atoms with van der Waals surface area (Å²) < 4.78 is 28.2. The Kier molecular flexibility index (Phi) is 5.24. The molecule has 1 aliphatic rings. The fraction of sp³-hybridized carbons (Fsp3) is 0.438. The fourth-order valence-electron chi connectivity index (χ4n) is 2.54. The van der Waals surface area contributed by atoms with E-state index in [1.807, 2.05) is 6.07 Å². The second-order valence-corrected chi connectivity index (χ2v) is 7.97. The summed E-state index contributed by atoms with van der Waals surface area (Å²) in [4.78, 5) is 25.7. The number of carbonyl (C=O) groups excluding carboxylic acids is 2. The van der Waals surface area contributed by atoms with Gasteiger partial charge in [-0.25, -0.2) is 13.2 Å². The Balaban J connectivity index is 2.00. The number of sulfone groups is 1. The van der Waals surface area contributed by atoms with Crippen molar-refractivity contribution in [3.8, 4) is 6.07 Å². The highest BCUT2D eigenvalue weighted by Gasteiger charge is 2.35. The van der Waals surface area contributed by atoms with Gasteiger partial charge in [0.25, 0.3) is 5.91 Å². The molecule has 8 heteroatoms. The summed E-state index contributed by atoms with van der Waals surface area (Å²) in [6, 6.07) is 7.51. The largest absolute Gasteiger partial charge is 0.449 e. The number of hydrogen-bond acceptors (Lipinski definition) is 6. The summed E-state index contributed by atoms with van der Waals surface area (Å²) in [5.74, 6) is -1.17. The standard InChI is InChI=1S/C16H18N2O5S/c1-11(15(19)18(2)14-6-7-24(21,22)10-14)23-16(20)13-5-3-4-12(8-13)9-17/h3-5,8,11,14H,6-7,10H2,1-2H3/t11-,14+/m1/s1. The highest BCUT2D eigenvalue weighted by atomic mass is 32.2. The van der Waals surface area contributed by atoms with E-state index in [4.69, 9.17) is 10.00 Å². The number of likely N-dealkylation sites (N-methyl/N-ethyl adjacent to an activating group) is 1. The molecule has 128 valence electrons. The lowest BCUT2D eigenvalue weighted by molar-refractivity contribution is -0.140. The van der Waals surface area contributed by atoms with Gasteiger partial charge in [-0.05, 0) is 31.5 Å². The molecular weight excluding hydrogens is 332 g/mol. The van der Waals surface area contributed by atoms with Crippen LogP contribution in [-0.2, 0) is 19.4 Å². The van der Waals surface area contributed by atoms with Crippen molar-refractivity contribution in [1.82, 2.24) is 4.90 Å². The zero-order valence-corrected chi connectivity index (χ0v) is 14.2. The summed E-state index contributed by atoms with van der Waals surface area (Å²) in [5, 5.41) is 8.84. The van der Waals surface area contributed by atoms with E-state index in [0.29, 0.717) is 12.0 Å². The molecule has 0 saturated carbocycles. The lowest BCUT2D eigenvalue weighted by atomic mass is 10.1. The maximum Gasteiger partial charge on any atom is 0.338 e. The maximum absolute atomic E-state index is 12.3. The number of nitrogens with zero attached hydrogens (tertiary/aromatic N) is 2. The highest BCUT2D eigenvalue weighted by Crippen LogP contribution is 2.18. The van der Waals surface area contributed by atoms with Gasteiger partial charge in [-0.3, -0.25) is 4.79 Å². The lowest BCUT2D eigenvalue weighted by Crippen LogP contribution is -2.44. The van der Waals surface area contributed by atoms with E-state index in [1.54, 1.807) is 12.1 Å². The Morgan fingerprint density at radius 3 is 2.71 bits per heavy atom. The second kappa shape index (κ2) is 7.01. The molecule has 1 heterocycles. The van der Waals surface area contributed by atoms with Gasteiger partial charge in [-0.2, -0.15) is 5.26 Å². The van der Waals surface area contributed by atoms with Crippen LogP contribution in [0.5, 0.6) is 0 Å². The molecule has 24 heavy (non-hydrogen) atoms. The number of carbonyl (C=O) groups is 2. The second-order valence-electron chi connectivity index (χ2n) is 5.75. The minimum absolute atomic E-state index is 0.0599. The number of rotatable bonds is 4. The topological polar surface area (TPSA) is 105 Å². The molecule has 0 N–H and O–H groups in total. The van der Waals surface area contributed by atoms with Crippen LogP contribution < -0.4 is 0 Å². The van der Waals surface area contributed by atoms with E-state index in [1.165, 1.54) is 31.0 Å². The summed E-state index contributed by atoms with van der Waals surface area (Å²) in [6.45, 7) is 1.44. The van der Waals surface area contributed by atoms with Gasteiger partial charge in [-0.1, -0.05) is 6.07 Å². The van der Waals surface area contributed by atoms with Crippen molar-refractivity contribution in [2.24, 2.45) is 0 Å². The lowest BCUT2D eigenvalue weighted by Gasteiger charge is -2.26. The predicted octanol–water partition coefficient (Wildman–Crippen LogP) is 0.749. The quantitative estimate of drug-likeness (QED) is 0.742. The Hall–Kier alpha value is -2.40. The van der Waals surface area contributed by atoms with Crippen molar-refractivity contribution in [3.63, 3.8) is 0 Å². The van der Waals surface area contributed by atoms with Crippen LogP contribution in [-0.4, -0.2) is 55.9 Å². The Labute approximate surface area is 140 Å². The first kappa shape index (κ1) is 17.9. The van der Waals surface area contributed by atoms with Crippen LogP contribution >= 0.6 is 0 Å². The summed E-state index contributed by atoms with van der Waals surface area (Å²) in [7, 11) is -1.60. The van der Waals surface area contributed by atoms with Crippen molar-refractivity contribution in [2.45, 2.75) is 25.5 Å². The molecule has 0 aliphatic carbocycles. The number of amides is 1. The van der Waals surface area contributed by atoms with Crippen LogP contribution in [0.3, 0.4) is 0 Å². The van der Waals surface area contributed by atoms with Gasteiger partial charge in [-0.15, -0.1) is 0 Å². The van der Waals surface area contributed by atoms with Gasteiger partial charge in [0, 0.05) is 13.1 Å². The number of hydrogen-bond donors (Lipinski definition) is 0. The Morgan fingerprint density at radius 2 is 2.12 bits per heavy atom. The normalized spacial score (nSPS) is 20.0. The number of ether oxygens (including phenoxy) is 1. The number of benzene rings is 1. The molecule has 7 nitrogen and oxygen atoms in total. The highest BCUT2D eigenvalue weighted by molar-refractivity contribution is 7.91. The van der Waals surface area contributed by atoms with Gasteiger partial charge >= 0.3 is 5.97 Å². The van der Waals surface area contributed by atoms with E-state index in [2.05, 4.69) is 0 Å². The van der Waals surface area contributed by atoms with Crippen LogP contribution in [0.1, 0.15) is 29.3 Å². The van der Waals surface area contributed by atoms with E-state index >= 15 is 0 Å². The first-order valence-electron chi connectivity index (χ1n) is 7.42. The van der Waals surface area contributed by atoms with Crippen molar-refractivity contribution < 1.29 is 22.7 Å². The van der Waals surface area contributed by atoms with Crippen LogP contribution in [0.15, 0.2) is 24.3 Å². The molecule has 2 atom stereocenters. The van der Waals surface area contributed by atoms with Crippen LogP contribution in [0.2, 0.25) is 0 Å². The van der Waals surface area contributed by atoms with Gasteiger partial charge in [0.1, 0.15) is 0 Å². The Morgan fingerprint density at radius 1 is 1.42 bits per heavy atom. The van der Waals surface area contributed by atoms with Crippen LogP contribution in [0.4, 0.5) is 0 Å². The molecule has 0 radical (unpaired) electrons. The zero-order chi connectivity index (χ0) is 17.9. The van der Waals surface area contributed by atoms with Crippen molar-refractivity contribution in [1.29, 1.82) is 5.26 Å². The average Bonchev–Trinajstić information content (AvgIpc) is 2.93. The van der Waals surface area contributed by atoms with E-state index in [-0.39, 0.29) is 17.1 Å². The van der Waals surface area contributed by atoms with Crippen molar-refractivity contribution in [3.05, 3.63) is 35.4 Å². The minimum Gasteiger partial charge on any atom is -0.449 e. The number of esters is 1. The first-order valence-corrected chi connectivity index (χ1v) is 9.24.